The molecule has 0 aromatic carbocycles. The average molecular weight is 258 g/mol. The van der Waals surface area contributed by atoms with Gasteiger partial charge in [0.25, 0.3) is 0 Å². The summed E-state index contributed by atoms with van der Waals surface area (Å²) in [4.78, 5) is 23.2. The topological polar surface area (TPSA) is 72.2 Å². The number of amides is 2. The molecule has 1 rings (SSSR count). The van der Waals surface area contributed by atoms with Crippen LogP contribution >= 0.6 is 11.8 Å². The molecule has 0 saturated heterocycles. The molecule has 0 aliphatic heterocycles. The van der Waals surface area contributed by atoms with E-state index < -0.39 is 0 Å². The highest BCUT2D eigenvalue weighted by atomic mass is 32.2. The van der Waals surface area contributed by atoms with E-state index in [1.54, 1.807) is 11.8 Å². The minimum Gasteiger partial charge on any atom is -0.369 e. The van der Waals surface area contributed by atoms with E-state index in [1.165, 1.54) is 0 Å². The van der Waals surface area contributed by atoms with Gasteiger partial charge in [-0.1, -0.05) is 19.8 Å². The Bertz CT molecular complexity index is 284. The predicted molar refractivity (Wildman–Crippen MR) is 70.6 cm³/mol. The molecule has 3 N–H and O–H groups in total. The predicted octanol–water partition coefficient (Wildman–Crippen LogP) is 1.15. The number of hydrogen-bond donors (Lipinski definition) is 2. The van der Waals surface area contributed by atoms with Crippen molar-refractivity contribution in [2.45, 2.75) is 38.6 Å². The van der Waals surface area contributed by atoms with E-state index in [9.17, 15) is 9.59 Å². The summed E-state index contributed by atoms with van der Waals surface area (Å²) in [5.74, 6) is 0.361. The third kappa shape index (κ3) is 4.22. The van der Waals surface area contributed by atoms with Gasteiger partial charge in [-0.25, -0.2) is 0 Å². The Morgan fingerprint density at radius 2 is 2.06 bits per heavy atom. The molecule has 3 atom stereocenters. The lowest BCUT2D eigenvalue weighted by Gasteiger charge is -2.30. The van der Waals surface area contributed by atoms with Crippen LogP contribution in [0.2, 0.25) is 0 Å². The zero-order valence-corrected chi connectivity index (χ0v) is 11.4. The quantitative estimate of drug-likeness (QED) is 0.777. The molecule has 2 amide bonds. The number of carbonyl (C=O) groups is 2. The molecule has 0 aromatic rings. The minimum absolute atomic E-state index is 0.0135. The van der Waals surface area contributed by atoms with E-state index in [2.05, 4.69) is 5.32 Å². The SMILES string of the molecule is CSCC(C)C(=O)NC1CCCCC1C(N)=O. The zero-order chi connectivity index (χ0) is 12.8. The first-order chi connectivity index (χ1) is 8.06. The highest BCUT2D eigenvalue weighted by molar-refractivity contribution is 7.98. The lowest BCUT2D eigenvalue weighted by atomic mass is 9.84. The van der Waals surface area contributed by atoms with Gasteiger partial charge in [0.1, 0.15) is 0 Å². The van der Waals surface area contributed by atoms with Crippen LogP contribution < -0.4 is 11.1 Å². The Morgan fingerprint density at radius 3 is 2.65 bits per heavy atom. The maximum Gasteiger partial charge on any atom is 0.223 e. The number of rotatable bonds is 5. The Hall–Kier alpha value is -0.710. The number of nitrogens with two attached hydrogens (primary N) is 1. The van der Waals surface area contributed by atoms with Crippen molar-refractivity contribution in [2.75, 3.05) is 12.0 Å². The van der Waals surface area contributed by atoms with E-state index in [-0.39, 0.29) is 29.7 Å². The van der Waals surface area contributed by atoms with Gasteiger partial charge in [0.15, 0.2) is 0 Å². The molecule has 1 saturated carbocycles. The molecule has 98 valence electrons. The fraction of sp³-hybridized carbons (Fsp3) is 0.833. The summed E-state index contributed by atoms with van der Waals surface area (Å²) < 4.78 is 0. The highest BCUT2D eigenvalue weighted by Crippen LogP contribution is 2.24. The standard InChI is InChI=1S/C12H22N2O2S/c1-8(7-17-2)12(16)14-10-6-4-3-5-9(10)11(13)15/h8-10H,3-7H2,1-2H3,(H2,13,15)(H,14,16). The largest absolute Gasteiger partial charge is 0.369 e. The smallest absolute Gasteiger partial charge is 0.223 e. The highest BCUT2D eigenvalue weighted by Gasteiger charge is 2.31. The number of hydrogen-bond acceptors (Lipinski definition) is 3. The first-order valence-electron chi connectivity index (χ1n) is 6.15. The van der Waals surface area contributed by atoms with E-state index in [4.69, 9.17) is 5.73 Å². The van der Waals surface area contributed by atoms with Crippen LogP contribution in [0.5, 0.6) is 0 Å². The van der Waals surface area contributed by atoms with Gasteiger partial charge in [-0.3, -0.25) is 9.59 Å². The van der Waals surface area contributed by atoms with Crippen LogP contribution in [-0.2, 0) is 9.59 Å². The fourth-order valence-electron chi connectivity index (χ4n) is 2.29. The van der Waals surface area contributed by atoms with Crippen molar-refractivity contribution in [2.24, 2.45) is 17.6 Å². The van der Waals surface area contributed by atoms with E-state index in [1.807, 2.05) is 13.2 Å². The molecule has 3 unspecified atom stereocenters. The van der Waals surface area contributed by atoms with Crippen LogP contribution in [0.1, 0.15) is 32.6 Å². The maximum atomic E-state index is 11.9. The van der Waals surface area contributed by atoms with Gasteiger partial charge in [-0.15, -0.1) is 0 Å². The van der Waals surface area contributed by atoms with Crippen molar-refractivity contribution in [3.05, 3.63) is 0 Å². The van der Waals surface area contributed by atoms with E-state index in [0.717, 1.165) is 31.4 Å². The molecule has 4 nitrogen and oxygen atoms in total. The van der Waals surface area contributed by atoms with Crippen LogP contribution in [0.3, 0.4) is 0 Å². The van der Waals surface area contributed by atoms with Crippen molar-refractivity contribution in [3.63, 3.8) is 0 Å². The van der Waals surface area contributed by atoms with Gasteiger partial charge in [-0.05, 0) is 19.1 Å². The summed E-state index contributed by atoms with van der Waals surface area (Å²) in [5, 5.41) is 2.98. The first-order valence-corrected chi connectivity index (χ1v) is 7.54. The van der Waals surface area contributed by atoms with Crippen LogP contribution in [-0.4, -0.2) is 29.9 Å². The van der Waals surface area contributed by atoms with E-state index in [0.29, 0.717) is 0 Å². The van der Waals surface area contributed by atoms with Crippen LogP contribution in [0, 0.1) is 11.8 Å². The summed E-state index contributed by atoms with van der Waals surface area (Å²) in [6.07, 6.45) is 5.74. The van der Waals surface area contributed by atoms with Crippen LogP contribution in [0.15, 0.2) is 0 Å². The summed E-state index contributed by atoms with van der Waals surface area (Å²) >= 11 is 1.65. The molecule has 5 heteroatoms. The number of thioether (sulfide) groups is 1. The van der Waals surface area contributed by atoms with Crippen molar-refractivity contribution in [3.8, 4) is 0 Å². The van der Waals surface area contributed by atoms with Crippen molar-refractivity contribution in [1.29, 1.82) is 0 Å². The average Bonchev–Trinajstić information content (AvgIpc) is 2.29. The molecular formula is C12H22N2O2S. The number of primary amides is 1. The summed E-state index contributed by atoms with van der Waals surface area (Å²) in [6.45, 7) is 1.91. The lowest BCUT2D eigenvalue weighted by Crippen LogP contribution is -2.48. The monoisotopic (exact) mass is 258 g/mol. The van der Waals surface area contributed by atoms with Gasteiger partial charge in [0.2, 0.25) is 11.8 Å². The lowest BCUT2D eigenvalue weighted by molar-refractivity contribution is -0.127. The van der Waals surface area contributed by atoms with E-state index >= 15 is 0 Å². The van der Waals surface area contributed by atoms with Gasteiger partial charge in [-0.2, -0.15) is 11.8 Å². The van der Waals surface area contributed by atoms with Crippen LogP contribution in [0.25, 0.3) is 0 Å². The minimum atomic E-state index is -0.285. The second kappa shape index (κ2) is 6.89. The zero-order valence-electron chi connectivity index (χ0n) is 10.6. The Kier molecular flexibility index (Phi) is 5.82. The molecule has 1 aliphatic carbocycles. The molecule has 0 bridgehead atoms. The van der Waals surface area contributed by atoms with Gasteiger partial charge < -0.3 is 11.1 Å². The molecule has 17 heavy (non-hydrogen) atoms. The summed E-state index contributed by atoms with van der Waals surface area (Å²) in [7, 11) is 0. The normalized spacial score (nSPS) is 26.2. The Labute approximate surface area is 107 Å². The molecule has 1 aliphatic rings. The van der Waals surface area contributed by atoms with Crippen molar-refractivity contribution in [1.82, 2.24) is 5.32 Å². The molecule has 0 heterocycles. The van der Waals surface area contributed by atoms with Crippen molar-refractivity contribution >= 4 is 23.6 Å². The third-order valence-corrected chi connectivity index (χ3v) is 4.16. The maximum absolute atomic E-state index is 11.9. The molecule has 0 spiro atoms. The van der Waals surface area contributed by atoms with Gasteiger partial charge in [0.05, 0.1) is 5.92 Å². The third-order valence-electron chi connectivity index (χ3n) is 3.32. The second-order valence-corrected chi connectivity index (χ2v) is 5.68. The molecule has 0 aromatic heterocycles. The molecule has 0 radical (unpaired) electrons. The first kappa shape index (κ1) is 14.4. The Morgan fingerprint density at radius 1 is 1.41 bits per heavy atom. The fourth-order valence-corrected chi connectivity index (χ4v) is 2.95. The van der Waals surface area contributed by atoms with Crippen LogP contribution in [0.4, 0.5) is 0 Å². The van der Waals surface area contributed by atoms with Crippen molar-refractivity contribution < 1.29 is 9.59 Å². The second-order valence-electron chi connectivity index (χ2n) is 4.76. The summed E-state index contributed by atoms with van der Waals surface area (Å²) in [6, 6.07) is -0.0574. The number of carbonyl (C=O) groups excluding carboxylic acids is 2. The molecule has 1 fully saturated rings. The Balaban J connectivity index is 2.52. The number of nitrogens with one attached hydrogen (secondary N) is 1. The molecular weight excluding hydrogens is 236 g/mol. The van der Waals surface area contributed by atoms with Gasteiger partial charge >= 0.3 is 0 Å². The van der Waals surface area contributed by atoms with Gasteiger partial charge in [0, 0.05) is 17.7 Å². The summed E-state index contributed by atoms with van der Waals surface area (Å²) in [5.41, 5.74) is 5.37.